The van der Waals surface area contributed by atoms with Crippen LogP contribution in [-0.2, 0) is 9.57 Å². The lowest BCUT2D eigenvalue weighted by Gasteiger charge is -2.09. The molecule has 18 heavy (non-hydrogen) atoms. The van der Waals surface area contributed by atoms with Gasteiger partial charge in [0.2, 0.25) is 0 Å². The van der Waals surface area contributed by atoms with E-state index in [9.17, 15) is 4.79 Å². The highest BCUT2D eigenvalue weighted by atomic mass is 16.7. The average Bonchev–Trinajstić information content (AvgIpc) is 2.97. The summed E-state index contributed by atoms with van der Waals surface area (Å²) in [7, 11) is 0. The van der Waals surface area contributed by atoms with Crippen molar-refractivity contribution in [1.82, 2.24) is 14.9 Å². The molecule has 6 nitrogen and oxygen atoms in total. The third-order valence-electron chi connectivity index (χ3n) is 2.89. The van der Waals surface area contributed by atoms with Gasteiger partial charge in [0, 0.05) is 5.69 Å². The number of nitrogens with one attached hydrogen (secondary N) is 1. The highest BCUT2D eigenvalue weighted by Crippen LogP contribution is 2.12. The van der Waals surface area contributed by atoms with Crippen molar-refractivity contribution >= 4 is 11.6 Å². The Labute approximate surface area is 103 Å². The van der Waals surface area contributed by atoms with E-state index in [2.05, 4.69) is 10.5 Å². The molecule has 94 valence electrons. The number of hydrogen-bond donors (Lipinski definition) is 1. The first-order chi connectivity index (χ1) is 8.75. The average molecular weight is 247 g/mol. The molecule has 1 fully saturated rings. The van der Waals surface area contributed by atoms with Crippen molar-refractivity contribution < 1.29 is 14.4 Å². The van der Waals surface area contributed by atoms with E-state index in [1.54, 1.807) is 4.40 Å². The lowest BCUT2D eigenvalue weighted by atomic mass is 10.3. The van der Waals surface area contributed by atoms with Gasteiger partial charge in [0.1, 0.15) is 18.4 Å². The number of fused-ring (bicyclic) bond motifs is 1. The molecule has 0 amide bonds. The van der Waals surface area contributed by atoms with Crippen LogP contribution in [0.4, 0.5) is 0 Å². The maximum absolute atomic E-state index is 12.1. The largest absolute Gasteiger partial charge is 0.454 e. The lowest BCUT2D eigenvalue weighted by Crippen LogP contribution is -2.23. The molecule has 2 aromatic heterocycles. The fourth-order valence-electron chi connectivity index (χ4n) is 2.00. The van der Waals surface area contributed by atoms with E-state index in [1.807, 2.05) is 25.1 Å². The molecule has 0 bridgehead atoms. The molecule has 0 radical (unpaired) electrons. The Hall–Kier alpha value is -1.92. The number of carbonyl (C=O) groups excluding carboxylic acids is 1. The summed E-state index contributed by atoms with van der Waals surface area (Å²) in [4.78, 5) is 21.2. The van der Waals surface area contributed by atoms with E-state index in [-0.39, 0.29) is 12.1 Å². The summed E-state index contributed by atoms with van der Waals surface area (Å²) in [6, 6.07) is 5.68. The van der Waals surface area contributed by atoms with Crippen molar-refractivity contribution in [1.29, 1.82) is 0 Å². The van der Waals surface area contributed by atoms with Gasteiger partial charge in [0.25, 0.3) is 0 Å². The topological polar surface area (TPSA) is 64.9 Å². The standard InChI is InChI=1S/C12H13N3O3/c1-8-3-2-4-11-13-6-10(15(8)11)12(16)18-9-5-14-17-7-9/h2-4,6,9,14H,5,7H2,1H3/t9-/m0/s1. The van der Waals surface area contributed by atoms with Crippen LogP contribution in [0.15, 0.2) is 24.4 Å². The predicted octanol–water partition coefficient (Wildman–Crippen LogP) is 0.703. The van der Waals surface area contributed by atoms with Crippen molar-refractivity contribution in [3.63, 3.8) is 0 Å². The highest BCUT2D eigenvalue weighted by molar-refractivity contribution is 5.88. The van der Waals surface area contributed by atoms with Crippen LogP contribution in [0.5, 0.6) is 0 Å². The van der Waals surface area contributed by atoms with Gasteiger partial charge in [-0.2, -0.15) is 5.48 Å². The van der Waals surface area contributed by atoms with Gasteiger partial charge in [-0.1, -0.05) is 6.07 Å². The maximum atomic E-state index is 12.1. The number of carbonyl (C=O) groups is 1. The van der Waals surface area contributed by atoms with Crippen LogP contribution in [0.1, 0.15) is 16.2 Å². The molecular weight excluding hydrogens is 234 g/mol. The van der Waals surface area contributed by atoms with Crippen molar-refractivity contribution in [2.45, 2.75) is 13.0 Å². The van der Waals surface area contributed by atoms with E-state index in [4.69, 9.17) is 9.57 Å². The van der Waals surface area contributed by atoms with E-state index >= 15 is 0 Å². The number of esters is 1. The highest BCUT2D eigenvalue weighted by Gasteiger charge is 2.23. The lowest BCUT2D eigenvalue weighted by molar-refractivity contribution is 0.0247. The molecule has 2 aromatic rings. The second-order valence-electron chi connectivity index (χ2n) is 4.19. The number of aryl methyl sites for hydroxylation is 1. The third kappa shape index (κ3) is 1.85. The summed E-state index contributed by atoms with van der Waals surface area (Å²) in [5.74, 6) is -0.380. The van der Waals surface area contributed by atoms with Crippen LogP contribution < -0.4 is 5.48 Å². The van der Waals surface area contributed by atoms with Gasteiger partial charge in [0.05, 0.1) is 12.7 Å². The molecule has 1 N–H and O–H groups in total. The zero-order valence-electron chi connectivity index (χ0n) is 9.92. The van der Waals surface area contributed by atoms with E-state index in [0.717, 1.165) is 11.3 Å². The molecule has 1 aliphatic rings. The van der Waals surface area contributed by atoms with Gasteiger partial charge in [-0.3, -0.25) is 9.24 Å². The quantitative estimate of drug-likeness (QED) is 0.791. The van der Waals surface area contributed by atoms with Crippen LogP contribution >= 0.6 is 0 Å². The molecule has 3 heterocycles. The second-order valence-corrected chi connectivity index (χ2v) is 4.19. The minimum absolute atomic E-state index is 0.243. The minimum atomic E-state index is -0.380. The van der Waals surface area contributed by atoms with Gasteiger partial charge in [-0.25, -0.2) is 9.78 Å². The second kappa shape index (κ2) is 4.40. The summed E-state index contributed by atoms with van der Waals surface area (Å²) >= 11 is 0. The summed E-state index contributed by atoms with van der Waals surface area (Å²) < 4.78 is 7.11. The first-order valence-corrected chi connectivity index (χ1v) is 5.74. The van der Waals surface area contributed by atoms with Crippen molar-refractivity contribution in [3.05, 3.63) is 35.8 Å². The number of pyridine rings is 1. The Bertz CT molecular complexity index is 587. The van der Waals surface area contributed by atoms with Gasteiger partial charge < -0.3 is 4.74 Å². The first-order valence-electron chi connectivity index (χ1n) is 5.74. The molecule has 1 aliphatic heterocycles. The van der Waals surface area contributed by atoms with Crippen molar-refractivity contribution in [3.8, 4) is 0 Å². The molecular formula is C12H13N3O3. The van der Waals surface area contributed by atoms with Crippen LogP contribution in [-0.4, -0.2) is 34.6 Å². The number of imidazole rings is 1. The van der Waals surface area contributed by atoms with E-state index < -0.39 is 0 Å². The van der Waals surface area contributed by atoms with Gasteiger partial charge in [0.15, 0.2) is 5.69 Å². The summed E-state index contributed by atoms with van der Waals surface area (Å²) in [5, 5.41) is 0. The zero-order chi connectivity index (χ0) is 12.5. The van der Waals surface area contributed by atoms with Crippen molar-refractivity contribution in [2.24, 2.45) is 0 Å². The van der Waals surface area contributed by atoms with Crippen LogP contribution in [0.2, 0.25) is 0 Å². The van der Waals surface area contributed by atoms with E-state index in [0.29, 0.717) is 18.8 Å². The zero-order valence-corrected chi connectivity index (χ0v) is 9.92. The van der Waals surface area contributed by atoms with Gasteiger partial charge >= 0.3 is 5.97 Å². The fraction of sp³-hybridized carbons (Fsp3) is 0.333. The monoisotopic (exact) mass is 247 g/mol. The number of ether oxygens (including phenoxy) is 1. The Morgan fingerprint density at radius 3 is 3.28 bits per heavy atom. The summed E-state index contributed by atoms with van der Waals surface area (Å²) in [5.41, 5.74) is 4.79. The molecule has 3 rings (SSSR count). The Morgan fingerprint density at radius 1 is 1.61 bits per heavy atom. The predicted molar refractivity (Wildman–Crippen MR) is 63.1 cm³/mol. The van der Waals surface area contributed by atoms with Gasteiger partial charge in [-0.05, 0) is 19.1 Å². The number of nitrogens with zero attached hydrogens (tertiary/aromatic N) is 2. The molecule has 6 heteroatoms. The fourth-order valence-corrected chi connectivity index (χ4v) is 2.00. The smallest absolute Gasteiger partial charge is 0.357 e. The normalized spacial score (nSPS) is 19.3. The van der Waals surface area contributed by atoms with E-state index in [1.165, 1.54) is 6.20 Å². The maximum Gasteiger partial charge on any atom is 0.357 e. The van der Waals surface area contributed by atoms with Gasteiger partial charge in [-0.15, -0.1) is 0 Å². The molecule has 0 unspecified atom stereocenters. The number of aromatic nitrogens is 2. The van der Waals surface area contributed by atoms with Crippen LogP contribution in [0.25, 0.3) is 5.65 Å². The van der Waals surface area contributed by atoms with Crippen molar-refractivity contribution in [2.75, 3.05) is 13.2 Å². The number of hydroxylamine groups is 1. The molecule has 0 aromatic carbocycles. The molecule has 0 aliphatic carbocycles. The number of hydrogen-bond acceptors (Lipinski definition) is 5. The summed E-state index contributed by atoms with van der Waals surface area (Å²) in [6.45, 7) is 2.81. The number of rotatable bonds is 2. The molecule has 0 saturated carbocycles. The van der Waals surface area contributed by atoms with Crippen LogP contribution in [0, 0.1) is 6.92 Å². The SMILES string of the molecule is Cc1cccc2ncc(C(=O)O[C@H]3CNOC3)n12. The minimum Gasteiger partial charge on any atom is -0.454 e. The molecule has 1 atom stereocenters. The Balaban J connectivity index is 1.91. The Morgan fingerprint density at radius 2 is 2.50 bits per heavy atom. The third-order valence-corrected chi connectivity index (χ3v) is 2.89. The van der Waals surface area contributed by atoms with Crippen LogP contribution in [0.3, 0.4) is 0 Å². The first kappa shape index (κ1) is 11.2. The Kier molecular flexibility index (Phi) is 2.73. The molecule has 0 spiro atoms. The summed E-state index contributed by atoms with van der Waals surface area (Å²) in [6.07, 6.45) is 1.29. The molecule has 1 saturated heterocycles.